The minimum Gasteiger partial charge on any atom is -0.393 e. The Morgan fingerprint density at radius 3 is 2.61 bits per heavy atom. The highest BCUT2D eigenvalue weighted by molar-refractivity contribution is 5.23. The first-order valence-electron chi connectivity index (χ1n) is 10.2. The van der Waals surface area contributed by atoms with Gasteiger partial charge in [0.1, 0.15) is 0 Å². The average Bonchev–Trinajstić information content (AvgIpc) is 2.85. The molecule has 0 amide bonds. The average molecular weight is 317 g/mol. The molecule has 0 aromatic rings. The Morgan fingerprint density at radius 1 is 1.09 bits per heavy atom. The van der Waals surface area contributed by atoms with E-state index < -0.39 is 0 Å². The van der Waals surface area contributed by atoms with Crippen molar-refractivity contribution in [3.05, 3.63) is 11.6 Å². The summed E-state index contributed by atoms with van der Waals surface area (Å²) in [6.07, 6.45) is 13.2. The van der Waals surface area contributed by atoms with Crippen LogP contribution >= 0.6 is 0 Å². The first-order valence-corrected chi connectivity index (χ1v) is 10.2. The third-order valence-electron chi connectivity index (χ3n) is 9.22. The third-order valence-corrected chi connectivity index (χ3v) is 9.22. The second-order valence-corrected chi connectivity index (χ2v) is 9.95. The smallest absolute Gasteiger partial charge is 0.0571 e. The third kappa shape index (κ3) is 2.14. The topological polar surface area (TPSA) is 20.2 Å². The molecular weight excluding hydrogens is 280 g/mol. The summed E-state index contributed by atoms with van der Waals surface area (Å²) in [6.45, 7) is 9.65. The quantitative estimate of drug-likeness (QED) is 0.578. The number of hydrogen-bond donors (Lipinski definition) is 1. The number of allylic oxidation sites excluding steroid dienone is 2. The predicted octanol–water partition coefficient (Wildman–Crippen LogP) is 5.58. The highest BCUT2D eigenvalue weighted by atomic mass is 16.3. The molecule has 0 aromatic carbocycles. The fourth-order valence-electron chi connectivity index (χ4n) is 7.82. The highest BCUT2D eigenvalue weighted by Gasteiger charge is 2.59. The van der Waals surface area contributed by atoms with E-state index >= 15 is 0 Å². The first-order chi connectivity index (χ1) is 10.9. The maximum atomic E-state index is 10.6. The molecule has 0 aliphatic heterocycles. The highest BCUT2D eigenvalue weighted by Crippen LogP contribution is 2.67. The van der Waals surface area contributed by atoms with Gasteiger partial charge in [-0.05, 0) is 98.7 Å². The Kier molecular flexibility index (Phi) is 3.76. The van der Waals surface area contributed by atoms with Gasteiger partial charge in [0.25, 0.3) is 0 Å². The van der Waals surface area contributed by atoms with Crippen LogP contribution in [0.15, 0.2) is 11.6 Å². The molecule has 0 heterocycles. The summed E-state index contributed by atoms with van der Waals surface area (Å²) in [5.74, 6) is 4.10. The molecule has 0 aromatic heterocycles. The van der Waals surface area contributed by atoms with Crippen molar-refractivity contribution >= 4 is 0 Å². The van der Waals surface area contributed by atoms with Gasteiger partial charge >= 0.3 is 0 Å². The zero-order valence-electron chi connectivity index (χ0n) is 15.6. The molecule has 0 unspecified atom stereocenters. The molecule has 4 aliphatic rings. The molecule has 4 rings (SSSR count). The monoisotopic (exact) mass is 316 g/mol. The summed E-state index contributed by atoms with van der Waals surface area (Å²) in [7, 11) is 0. The second kappa shape index (κ2) is 5.35. The van der Waals surface area contributed by atoms with E-state index in [4.69, 9.17) is 0 Å². The molecule has 23 heavy (non-hydrogen) atoms. The SMILES string of the molecule is CC=C1CC[C@H]2[C@@H]3CC[C@H]4C[C@H](C)[C@@H](O)C[C@]4(C)[C@H]3CC[C@]12C. The Balaban J connectivity index is 1.64. The maximum absolute atomic E-state index is 10.6. The van der Waals surface area contributed by atoms with E-state index in [1.807, 2.05) is 0 Å². The molecular formula is C22H36O. The van der Waals surface area contributed by atoms with Crippen molar-refractivity contribution < 1.29 is 5.11 Å². The number of rotatable bonds is 0. The van der Waals surface area contributed by atoms with Crippen molar-refractivity contribution in [3.8, 4) is 0 Å². The Labute approximate surface area is 142 Å². The molecule has 130 valence electrons. The fraction of sp³-hybridized carbons (Fsp3) is 0.909. The van der Waals surface area contributed by atoms with Crippen LogP contribution in [-0.4, -0.2) is 11.2 Å². The molecule has 0 bridgehead atoms. The van der Waals surface area contributed by atoms with Gasteiger partial charge in [-0.25, -0.2) is 0 Å². The van der Waals surface area contributed by atoms with Crippen LogP contribution in [0.25, 0.3) is 0 Å². The first kappa shape index (κ1) is 16.2. The van der Waals surface area contributed by atoms with Crippen molar-refractivity contribution in [3.63, 3.8) is 0 Å². The van der Waals surface area contributed by atoms with Gasteiger partial charge < -0.3 is 5.11 Å². The number of fused-ring (bicyclic) bond motifs is 5. The van der Waals surface area contributed by atoms with E-state index in [-0.39, 0.29) is 6.10 Å². The molecule has 4 saturated carbocycles. The maximum Gasteiger partial charge on any atom is 0.0571 e. The van der Waals surface area contributed by atoms with Crippen molar-refractivity contribution in [2.24, 2.45) is 40.4 Å². The van der Waals surface area contributed by atoms with Crippen molar-refractivity contribution in [2.45, 2.75) is 85.2 Å². The molecule has 8 atom stereocenters. The van der Waals surface area contributed by atoms with E-state index in [0.29, 0.717) is 16.7 Å². The Hall–Kier alpha value is -0.300. The van der Waals surface area contributed by atoms with Gasteiger partial charge in [-0.15, -0.1) is 0 Å². The number of hydrogen-bond acceptors (Lipinski definition) is 1. The summed E-state index contributed by atoms with van der Waals surface area (Å²) in [5, 5.41) is 10.6. The van der Waals surface area contributed by atoms with Crippen LogP contribution in [0.5, 0.6) is 0 Å². The van der Waals surface area contributed by atoms with E-state index in [0.717, 1.165) is 30.1 Å². The number of aliphatic hydroxyl groups is 1. The predicted molar refractivity (Wildman–Crippen MR) is 96.0 cm³/mol. The van der Waals surface area contributed by atoms with E-state index in [1.54, 1.807) is 5.57 Å². The van der Waals surface area contributed by atoms with Crippen LogP contribution < -0.4 is 0 Å². The molecule has 1 N–H and O–H groups in total. The normalized spacial score (nSPS) is 57.7. The summed E-state index contributed by atoms with van der Waals surface area (Å²) >= 11 is 0. The van der Waals surface area contributed by atoms with Gasteiger partial charge in [-0.1, -0.05) is 32.4 Å². The van der Waals surface area contributed by atoms with Crippen LogP contribution in [0, 0.1) is 40.4 Å². The van der Waals surface area contributed by atoms with Crippen molar-refractivity contribution in [2.75, 3.05) is 0 Å². The largest absolute Gasteiger partial charge is 0.393 e. The minimum atomic E-state index is -0.0574. The molecule has 4 fully saturated rings. The second-order valence-electron chi connectivity index (χ2n) is 9.95. The van der Waals surface area contributed by atoms with Gasteiger partial charge in [-0.3, -0.25) is 0 Å². The zero-order valence-corrected chi connectivity index (χ0v) is 15.6. The van der Waals surface area contributed by atoms with Crippen LogP contribution in [0.2, 0.25) is 0 Å². The van der Waals surface area contributed by atoms with E-state index in [9.17, 15) is 5.11 Å². The Morgan fingerprint density at radius 2 is 1.87 bits per heavy atom. The summed E-state index contributed by atoms with van der Waals surface area (Å²) in [5.41, 5.74) is 2.67. The van der Waals surface area contributed by atoms with E-state index in [1.165, 1.54) is 44.9 Å². The summed E-state index contributed by atoms with van der Waals surface area (Å²) in [6, 6.07) is 0. The number of aliphatic hydroxyl groups excluding tert-OH is 1. The molecule has 1 nitrogen and oxygen atoms in total. The van der Waals surface area contributed by atoms with Gasteiger partial charge in [0.15, 0.2) is 0 Å². The lowest BCUT2D eigenvalue weighted by molar-refractivity contribution is -0.134. The summed E-state index contributed by atoms with van der Waals surface area (Å²) < 4.78 is 0. The van der Waals surface area contributed by atoms with Crippen molar-refractivity contribution in [1.82, 2.24) is 0 Å². The van der Waals surface area contributed by atoms with Crippen LogP contribution in [0.3, 0.4) is 0 Å². The molecule has 0 radical (unpaired) electrons. The lowest BCUT2D eigenvalue weighted by Crippen LogP contribution is -2.55. The standard InChI is InChI=1S/C22H36O/c1-5-15-7-9-18-17-8-6-16-12-14(2)20(23)13-22(16,4)19(17)10-11-21(15,18)3/h5,14,16-20,23H,6-13H2,1-4H3/t14-,16-,17-,18-,19-,20-,21+,22-/m0/s1. The summed E-state index contributed by atoms with van der Waals surface area (Å²) in [4.78, 5) is 0. The van der Waals surface area contributed by atoms with Crippen molar-refractivity contribution in [1.29, 1.82) is 0 Å². The molecule has 0 saturated heterocycles. The fourth-order valence-corrected chi connectivity index (χ4v) is 7.82. The van der Waals surface area contributed by atoms with Gasteiger partial charge in [0.05, 0.1) is 6.10 Å². The van der Waals surface area contributed by atoms with Gasteiger partial charge in [-0.2, -0.15) is 0 Å². The molecule has 1 heteroatoms. The lowest BCUT2D eigenvalue weighted by Gasteiger charge is -2.61. The molecule has 0 spiro atoms. The van der Waals surface area contributed by atoms with Gasteiger partial charge in [0.2, 0.25) is 0 Å². The minimum absolute atomic E-state index is 0.0574. The molecule has 4 aliphatic carbocycles. The van der Waals surface area contributed by atoms with Crippen LogP contribution in [-0.2, 0) is 0 Å². The lowest BCUT2D eigenvalue weighted by atomic mass is 9.44. The van der Waals surface area contributed by atoms with Gasteiger partial charge in [0, 0.05) is 0 Å². The van der Waals surface area contributed by atoms with Crippen LogP contribution in [0.1, 0.15) is 79.1 Å². The van der Waals surface area contributed by atoms with Crippen LogP contribution in [0.4, 0.5) is 0 Å². The van der Waals surface area contributed by atoms with E-state index in [2.05, 4.69) is 33.8 Å². The zero-order chi connectivity index (χ0) is 16.4. The Bertz CT molecular complexity index is 508.